The number of amides is 1. The van der Waals surface area contributed by atoms with Gasteiger partial charge in [0.05, 0.1) is 11.3 Å². The van der Waals surface area contributed by atoms with Crippen LogP contribution in [0, 0.1) is 5.82 Å². The summed E-state index contributed by atoms with van der Waals surface area (Å²) in [6.45, 7) is 3.36. The molecule has 2 heterocycles. The standard InChI is InChI=1S/C23H24FN5OS/c1-2-3-6-13-25-20(30)15-31-23-26-22-21(27-28-23)18-7-4-5-8-19(18)29(22)14-16-9-11-17(24)12-10-16/h4-5,7-12H,2-3,6,13-15H2,1H3,(H,25,30). The fourth-order valence-electron chi connectivity index (χ4n) is 3.47. The fraction of sp³-hybridized carbons (Fsp3) is 0.304. The maximum absolute atomic E-state index is 13.3. The number of nitrogens with one attached hydrogen (secondary N) is 1. The zero-order chi connectivity index (χ0) is 21.6. The molecule has 0 aliphatic rings. The quantitative estimate of drug-likeness (QED) is 0.307. The number of fused-ring (bicyclic) bond motifs is 3. The molecule has 0 radical (unpaired) electrons. The van der Waals surface area contributed by atoms with E-state index >= 15 is 0 Å². The van der Waals surface area contributed by atoms with Gasteiger partial charge in [0.15, 0.2) is 5.65 Å². The Bertz CT molecular complexity index is 1190. The number of carbonyl (C=O) groups excluding carboxylic acids is 1. The molecule has 6 nitrogen and oxygen atoms in total. The molecule has 0 saturated heterocycles. The van der Waals surface area contributed by atoms with Crippen molar-refractivity contribution in [3.05, 3.63) is 59.9 Å². The van der Waals surface area contributed by atoms with Crippen molar-refractivity contribution in [3.63, 3.8) is 0 Å². The van der Waals surface area contributed by atoms with Crippen LogP contribution in [0.5, 0.6) is 0 Å². The largest absolute Gasteiger partial charge is 0.355 e. The van der Waals surface area contributed by atoms with Crippen molar-refractivity contribution in [1.29, 1.82) is 0 Å². The molecule has 0 bridgehead atoms. The second-order valence-corrected chi connectivity index (χ2v) is 8.28. The van der Waals surface area contributed by atoms with Gasteiger partial charge in [0.1, 0.15) is 11.3 Å². The molecule has 2 aromatic carbocycles. The first-order valence-electron chi connectivity index (χ1n) is 10.4. The molecular weight excluding hydrogens is 413 g/mol. The maximum Gasteiger partial charge on any atom is 0.230 e. The Hall–Kier alpha value is -3.00. The van der Waals surface area contributed by atoms with E-state index < -0.39 is 0 Å². The van der Waals surface area contributed by atoms with Crippen LogP contribution >= 0.6 is 11.8 Å². The van der Waals surface area contributed by atoms with Crippen molar-refractivity contribution >= 4 is 39.7 Å². The highest BCUT2D eigenvalue weighted by atomic mass is 32.2. The van der Waals surface area contributed by atoms with Crippen LogP contribution in [-0.2, 0) is 11.3 Å². The molecule has 31 heavy (non-hydrogen) atoms. The minimum Gasteiger partial charge on any atom is -0.355 e. The summed E-state index contributed by atoms with van der Waals surface area (Å²) in [6.07, 6.45) is 3.21. The lowest BCUT2D eigenvalue weighted by molar-refractivity contribution is -0.118. The number of nitrogens with zero attached hydrogens (tertiary/aromatic N) is 4. The van der Waals surface area contributed by atoms with Gasteiger partial charge in [-0.15, -0.1) is 10.2 Å². The topological polar surface area (TPSA) is 72.7 Å². The second-order valence-electron chi connectivity index (χ2n) is 7.34. The van der Waals surface area contributed by atoms with E-state index in [0.29, 0.717) is 29.4 Å². The smallest absolute Gasteiger partial charge is 0.230 e. The van der Waals surface area contributed by atoms with Crippen LogP contribution in [0.15, 0.2) is 53.7 Å². The van der Waals surface area contributed by atoms with Crippen molar-refractivity contribution in [2.45, 2.75) is 37.9 Å². The van der Waals surface area contributed by atoms with Crippen molar-refractivity contribution in [3.8, 4) is 0 Å². The molecule has 4 rings (SSSR count). The minimum absolute atomic E-state index is 0.0309. The van der Waals surface area contributed by atoms with E-state index in [0.717, 1.165) is 35.7 Å². The van der Waals surface area contributed by atoms with Gasteiger partial charge in [0, 0.05) is 18.5 Å². The van der Waals surface area contributed by atoms with Crippen LogP contribution in [0.1, 0.15) is 31.7 Å². The Labute approximate surface area is 184 Å². The molecule has 160 valence electrons. The highest BCUT2D eigenvalue weighted by Crippen LogP contribution is 2.28. The van der Waals surface area contributed by atoms with Crippen LogP contribution in [0.4, 0.5) is 4.39 Å². The second kappa shape index (κ2) is 9.87. The zero-order valence-electron chi connectivity index (χ0n) is 17.3. The summed E-state index contributed by atoms with van der Waals surface area (Å²) in [6, 6.07) is 14.4. The summed E-state index contributed by atoms with van der Waals surface area (Å²) >= 11 is 1.27. The Morgan fingerprint density at radius 3 is 2.71 bits per heavy atom. The number of benzene rings is 2. The Morgan fingerprint density at radius 1 is 1.10 bits per heavy atom. The molecule has 4 aromatic rings. The van der Waals surface area contributed by atoms with Crippen LogP contribution in [0.3, 0.4) is 0 Å². The van der Waals surface area contributed by atoms with Gasteiger partial charge in [0.25, 0.3) is 0 Å². The molecule has 2 aromatic heterocycles. The van der Waals surface area contributed by atoms with Crippen molar-refractivity contribution in [2.75, 3.05) is 12.3 Å². The number of thioether (sulfide) groups is 1. The molecule has 1 N–H and O–H groups in total. The van der Waals surface area contributed by atoms with Crippen LogP contribution in [0.2, 0.25) is 0 Å². The first-order valence-corrected chi connectivity index (χ1v) is 11.4. The van der Waals surface area contributed by atoms with Crippen molar-refractivity contribution < 1.29 is 9.18 Å². The van der Waals surface area contributed by atoms with Gasteiger partial charge in [-0.2, -0.15) is 0 Å². The summed E-state index contributed by atoms with van der Waals surface area (Å²) in [7, 11) is 0. The molecule has 0 aliphatic heterocycles. The molecule has 0 fully saturated rings. The molecule has 0 atom stereocenters. The van der Waals surface area contributed by atoms with E-state index in [4.69, 9.17) is 4.98 Å². The summed E-state index contributed by atoms with van der Waals surface area (Å²) in [5, 5.41) is 13.0. The molecule has 0 aliphatic carbocycles. The molecular formula is C23H24FN5OS. The summed E-state index contributed by atoms with van der Waals surface area (Å²) in [5.74, 6) is -0.0457. The third-order valence-corrected chi connectivity index (χ3v) is 5.88. The van der Waals surface area contributed by atoms with Gasteiger partial charge in [-0.3, -0.25) is 4.79 Å². The third-order valence-electron chi connectivity index (χ3n) is 5.04. The predicted octanol–water partition coefficient (Wildman–Crippen LogP) is 4.57. The first kappa shape index (κ1) is 21.2. The van der Waals surface area contributed by atoms with Gasteiger partial charge in [-0.1, -0.05) is 61.9 Å². The van der Waals surface area contributed by atoms with Gasteiger partial charge in [-0.05, 0) is 30.2 Å². The lowest BCUT2D eigenvalue weighted by Gasteiger charge is -2.07. The summed E-state index contributed by atoms with van der Waals surface area (Å²) in [5.41, 5.74) is 3.36. The first-order chi connectivity index (χ1) is 15.2. The number of unbranched alkanes of at least 4 members (excludes halogenated alkanes) is 2. The molecule has 1 amide bonds. The van der Waals surface area contributed by atoms with Gasteiger partial charge in [-0.25, -0.2) is 9.37 Å². The normalized spacial score (nSPS) is 11.3. The SMILES string of the molecule is CCCCCNC(=O)CSc1nnc2c3ccccc3n(Cc3ccc(F)cc3)c2n1. The van der Waals surface area contributed by atoms with Gasteiger partial charge in [0.2, 0.25) is 11.1 Å². The number of carbonyl (C=O) groups is 1. The van der Waals surface area contributed by atoms with Gasteiger partial charge < -0.3 is 9.88 Å². The Morgan fingerprint density at radius 2 is 1.90 bits per heavy atom. The van der Waals surface area contributed by atoms with E-state index in [1.54, 1.807) is 12.1 Å². The van der Waals surface area contributed by atoms with Crippen LogP contribution < -0.4 is 5.32 Å². The lowest BCUT2D eigenvalue weighted by Crippen LogP contribution is -2.26. The average Bonchev–Trinajstić information content (AvgIpc) is 3.10. The van der Waals surface area contributed by atoms with Crippen molar-refractivity contribution in [2.24, 2.45) is 0 Å². The fourth-order valence-corrected chi connectivity index (χ4v) is 4.08. The van der Waals surface area contributed by atoms with Crippen LogP contribution in [-0.4, -0.2) is 38.0 Å². The summed E-state index contributed by atoms with van der Waals surface area (Å²) in [4.78, 5) is 16.8. The number of halogens is 1. The van der Waals surface area contributed by atoms with Crippen LogP contribution in [0.25, 0.3) is 22.1 Å². The number of rotatable bonds is 9. The van der Waals surface area contributed by atoms with E-state index in [2.05, 4.69) is 27.0 Å². The van der Waals surface area contributed by atoms with E-state index in [1.807, 2.05) is 24.3 Å². The van der Waals surface area contributed by atoms with E-state index in [1.165, 1.54) is 23.9 Å². The highest BCUT2D eigenvalue weighted by molar-refractivity contribution is 7.99. The monoisotopic (exact) mass is 437 g/mol. The molecule has 0 spiro atoms. The van der Waals surface area contributed by atoms with Gasteiger partial charge >= 0.3 is 0 Å². The lowest BCUT2D eigenvalue weighted by atomic mass is 10.2. The van der Waals surface area contributed by atoms with E-state index in [9.17, 15) is 9.18 Å². The average molecular weight is 438 g/mol. The number of hydrogen-bond donors (Lipinski definition) is 1. The molecule has 0 unspecified atom stereocenters. The minimum atomic E-state index is -0.262. The third kappa shape index (κ3) is 5.02. The highest BCUT2D eigenvalue weighted by Gasteiger charge is 2.15. The Kier molecular flexibility index (Phi) is 6.76. The number of para-hydroxylation sites is 1. The summed E-state index contributed by atoms with van der Waals surface area (Å²) < 4.78 is 15.4. The zero-order valence-corrected chi connectivity index (χ0v) is 18.2. The van der Waals surface area contributed by atoms with E-state index in [-0.39, 0.29) is 17.5 Å². The predicted molar refractivity (Wildman–Crippen MR) is 122 cm³/mol. The van der Waals surface area contributed by atoms with Crippen molar-refractivity contribution in [1.82, 2.24) is 25.1 Å². The maximum atomic E-state index is 13.3. The number of aromatic nitrogens is 4. The Balaban J connectivity index is 1.58. The molecule has 0 saturated carbocycles. The molecule has 8 heteroatoms. The number of hydrogen-bond acceptors (Lipinski definition) is 5.